The van der Waals surface area contributed by atoms with Gasteiger partial charge in [-0.25, -0.2) is 0 Å². The van der Waals surface area contributed by atoms with Crippen molar-refractivity contribution in [2.75, 3.05) is 13.7 Å². The molecule has 0 aliphatic carbocycles. The molecule has 2 rings (SSSR count). The molecule has 0 radical (unpaired) electrons. The summed E-state index contributed by atoms with van der Waals surface area (Å²) in [5, 5.41) is 1.22. The van der Waals surface area contributed by atoms with E-state index in [1.165, 1.54) is 10.9 Å². The van der Waals surface area contributed by atoms with Gasteiger partial charge in [0.2, 0.25) is 0 Å². The Balaban J connectivity index is 2.61. The zero-order valence-corrected chi connectivity index (χ0v) is 9.10. The lowest BCUT2D eigenvalue weighted by atomic mass is 10.1. The van der Waals surface area contributed by atoms with E-state index in [0.29, 0.717) is 6.54 Å². The lowest BCUT2D eigenvalue weighted by Crippen LogP contribution is -2.13. The second-order valence-corrected chi connectivity index (χ2v) is 3.67. The number of nitrogens with zero attached hydrogens (tertiary/aromatic N) is 1. The van der Waals surface area contributed by atoms with Crippen molar-refractivity contribution < 1.29 is 4.74 Å². The van der Waals surface area contributed by atoms with Crippen LogP contribution in [-0.2, 0) is 11.8 Å². The fourth-order valence-electron chi connectivity index (χ4n) is 1.98. The number of nitrogens with two attached hydrogens (primary N) is 1. The third-order valence-electron chi connectivity index (χ3n) is 2.77. The van der Waals surface area contributed by atoms with Gasteiger partial charge in [0, 0.05) is 43.4 Å². The van der Waals surface area contributed by atoms with Gasteiger partial charge in [0.05, 0.1) is 6.10 Å². The Morgan fingerprint density at radius 2 is 2.13 bits per heavy atom. The van der Waals surface area contributed by atoms with Crippen LogP contribution in [0.1, 0.15) is 11.7 Å². The first-order valence-corrected chi connectivity index (χ1v) is 5.04. The smallest absolute Gasteiger partial charge is 0.0963 e. The third kappa shape index (κ3) is 1.64. The maximum Gasteiger partial charge on any atom is 0.0963 e. The van der Waals surface area contributed by atoms with Crippen molar-refractivity contribution in [3.8, 4) is 0 Å². The normalized spacial score (nSPS) is 13.3. The summed E-state index contributed by atoms with van der Waals surface area (Å²) in [6.07, 6.45) is 2.07. The minimum Gasteiger partial charge on any atom is -0.375 e. The van der Waals surface area contributed by atoms with Crippen molar-refractivity contribution in [2.24, 2.45) is 12.8 Å². The van der Waals surface area contributed by atoms with Crippen LogP contribution in [0, 0.1) is 0 Å². The second-order valence-electron chi connectivity index (χ2n) is 3.67. The summed E-state index contributed by atoms with van der Waals surface area (Å²) in [5.41, 5.74) is 8.06. The molecular weight excluding hydrogens is 188 g/mol. The number of ether oxygens (including phenoxy) is 1. The summed E-state index contributed by atoms with van der Waals surface area (Å²) >= 11 is 0. The van der Waals surface area contributed by atoms with E-state index in [1.807, 2.05) is 19.2 Å². The highest BCUT2D eigenvalue weighted by atomic mass is 16.5. The van der Waals surface area contributed by atoms with Gasteiger partial charge in [-0.3, -0.25) is 0 Å². The molecule has 1 aromatic heterocycles. The lowest BCUT2D eigenvalue weighted by molar-refractivity contribution is 0.111. The number of aryl methyl sites for hydroxylation is 1. The fraction of sp³-hybridized carbons (Fsp3) is 0.333. The van der Waals surface area contributed by atoms with Crippen LogP contribution in [0.2, 0.25) is 0 Å². The summed E-state index contributed by atoms with van der Waals surface area (Å²) < 4.78 is 7.47. The predicted octanol–water partition coefficient (Wildman–Crippen LogP) is 1.82. The molecule has 0 bridgehead atoms. The van der Waals surface area contributed by atoms with Crippen LogP contribution in [0.5, 0.6) is 0 Å². The Morgan fingerprint density at radius 3 is 2.80 bits per heavy atom. The molecule has 2 N–H and O–H groups in total. The highest BCUT2D eigenvalue weighted by molar-refractivity contribution is 5.84. The summed E-state index contributed by atoms with van der Waals surface area (Å²) in [5.74, 6) is 0. The minimum absolute atomic E-state index is 0.0175. The van der Waals surface area contributed by atoms with Crippen LogP contribution in [0.4, 0.5) is 0 Å². The lowest BCUT2D eigenvalue weighted by Gasteiger charge is -2.11. The number of para-hydroxylation sites is 1. The van der Waals surface area contributed by atoms with Gasteiger partial charge in [0.1, 0.15) is 0 Å². The summed E-state index contributed by atoms with van der Waals surface area (Å²) in [4.78, 5) is 0. The molecule has 1 heterocycles. The SMILES string of the molecule is COC(CN)c1cn(C)c2ccccc12. The van der Waals surface area contributed by atoms with Crippen molar-refractivity contribution in [2.45, 2.75) is 6.10 Å². The van der Waals surface area contributed by atoms with Crippen LogP contribution in [-0.4, -0.2) is 18.2 Å². The van der Waals surface area contributed by atoms with Gasteiger partial charge < -0.3 is 15.0 Å². The Kier molecular flexibility index (Phi) is 2.75. The van der Waals surface area contributed by atoms with Crippen molar-refractivity contribution in [1.29, 1.82) is 0 Å². The zero-order chi connectivity index (χ0) is 10.8. The van der Waals surface area contributed by atoms with E-state index in [1.54, 1.807) is 7.11 Å². The van der Waals surface area contributed by atoms with E-state index in [0.717, 1.165) is 5.56 Å². The van der Waals surface area contributed by atoms with Crippen molar-refractivity contribution in [1.82, 2.24) is 4.57 Å². The van der Waals surface area contributed by atoms with Crippen molar-refractivity contribution >= 4 is 10.9 Å². The Bertz CT molecular complexity index is 458. The molecule has 0 spiro atoms. The minimum atomic E-state index is -0.0175. The van der Waals surface area contributed by atoms with E-state index in [2.05, 4.69) is 22.9 Å². The number of aromatic nitrogens is 1. The zero-order valence-electron chi connectivity index (χ0n) is 9.10. The Hall–Kier alpha value is -1.32. The molecule has 3 heteroatoms. The number of rotatable bonds is 3. The molecule has 1 aromatic carbocycles. The highest BCUT2D eigenvalue weighted by Gasteiger charge is 2.14. The van der Waals surface area contributed by atoms with E-state index >= 15 is 0 Å². The van der Waals surface area contributed by atoms with E-state index in [-0.39, 0.29) is 6.10 Å². The average Bonchev–Trinajstić information content (AvgIpc) is 2.60. The number of hydrogen-bond acceptors (Lipinski definition) is 2. The van der Waals surface area contributed by atoms with Crippen LogP contribution in [0.3, 0.4) is 0 Å². The molecule has 15 heavy (non-hydrogen) atoms. The molecule has 0 saturated heterocycles. The standard InChI is InChI=1S/C12H16N2O/c1-14-8-10(12(7-13)15-2)9-5-3-4-6-11(9)14/h3-6,8,12H,7,13H2,1-2H3. The van der Waals surface area contributed by atoms with Crippen molar-refractivity contribution in [3.05, 3.63) is 36.0 Å². The molecule has 0 amide bonds. The molecule has 2 aromatic rings. The summed E-state index contributed by atoms with van der Waals surface area (Å²) in [7, 11) is 3.73. The predicted molar refractivity (Wildman–Crippen MR) is 61.7 cm³/mol. The van der Waals surface area contributed by atoms with Gasteiger partial charge in [0.15, 0.2) is 0 Å². The quantitative estimate of drug-likeness (QED) is 0.828. The van der Waals surface area contributed by atoms with Crippen LogP contribution in [0.15, 0.2) is 30.5 Å². The summed E-state index contributed by atoms with van der Waals surface area (Å²) in [6.45, 7) is 0.504. The van der Waals surface area contributed by atoms with Crippen LogP contribution >= 0.6 is 0 Å². The Morgan fingerprint density at radius 1 is 1.40 bits per heavy atom. The summed E-state index contributed by atoms with van der Waals surface area (Å²) in [6, 6.07) is 8.28. The molecule has 1 atom stereocenters. The molecule has 0 aliphatic rings. The number of hydrogen-bond donors (Lipinski definition) is 1. The maximum atomic E-state index is 5.68. The number of methoxy groups -OCH3 is 1. The number of fused-ring (bicyclic) bond motifs is 1. The number of benzene rings is 1. The van der Waals surface area contributed by atoms with Crippen molar-refractivity contribution in [3.63, 3.8) is 0 Å². The van der Waals surface area contributed by atoms with E-state index in [9.17, 15) is 0 Å². The topological polar surface area (TPSA) is 40.2 Å². The molecule has 80 valence electrons. The van der Waals surface area contributed by atoms with Crippen LogP contribution in [0.25, 0.3) is 10.9 Å². The second kappa shape index (κ2) is 4.04. The molecule has 3 nitrogen and oxygen atoms in total. The third-order valence-corrected chi connectivity index (χ3v) is 2.77. The first kappa shape index (κ1) is 10.2. The van der Waals surface area contributed by atoms with Gasteiger partial charge in [-0.15, -0.1) is 0 Å². The molecule has 0 saturated carbocycles. The Labute approximate surface area is 89.4 Å². The molecular formula is C12H16N2O. The largest absolute Gasteiger partial charge is 0.375 e. The monoisotopic (exact) mass is 204 g/mol. The highest BCUT2D eigenvalue weighted by Crippen LogP contribution is 2.26. The van der Waals surface area contributed by atoms with Crippen LogP contribution < -0.4 is 5.73 Å². The fourth-order valence-corrected chi connectivity index (χ4v) is 1.98. The van der Waals surface area contributed by atoms with Gasteiger partial charge in [0.25, 0.3) is 0 Å². The molecule has 0 aliphatic heterocycles. The van der Waals surface area contributed by atoms with Gasteiger partial charge in [-0.05, 0) is 6.07 Å². The first-order chi connectivity index (χ1) is 7.27. The van der Waals surface area contributed by atoms with E-state index in [4.69, 9.17) is 10.5 Å². The van der Waals surface area contributed by atoms with Gasteiger partial charge in [-0.2, -0.15) is 0 Å². The maximum absolute atomic E-state index is 5.68. The molecule has 1 unspecified atom stereocenters. The first-order valence-electron chi connectivity index (χ1n) is 5.04. The average molecular weight is 204 g/mol. The molecule has 0 fully saturated rings. The van der Waals surface area contributed by atoms with Gasteiger partial charge in [-0.1, -0.05) is 18.2 Å². The van der Waals surface area contributed by atoms with Gasteiger partial charge >= 0.3 is 0 Å². The van der Waals surface area contributed by atoms with E-state index < -0.39 is 0 Å².